The van der Waals surface area contributed by atoms with Gasteiger partial charge in [0.05, 0.1) is 24.2 Å². The monoisotopic (exact) mass is 632 g/mol. The molecule has 6 aliphatic rings. The van der Waals surface area contributed by atoms with E-state index in [4.69, 9.17) is 30.1 Å². The first kappa shape index (κ1) is 30.9. The van der Waals surface area contributed by atoms with Crippen molar-refractivity contribution in [3.8, 4) is 0 Å². The highest BCUT2D eigenvalue weighted by molar-refractivity contribution is 5.69. The van der Waals surface area contributed by atoms with Gasteiger partial charge in [0.25, 0.3) is 0 Å². The van der Waals surface area contributed by atoms with Crippen molar-refractivity contribution in [1.82, 2.24) is 19.9 Å². The Hall–Kier alpha value is -3.70. The molecule has 4 atom stereocenters. The number of carboxylic acids is 2. The van der Waals surface area contributed by atoms with Gasteiger partial charge in [0.1, 0.15) is 11.6 Å². The van der Waals surface area contributed by atoms with Crippen molar-refractivity contribution in [2.24, 2.45) is 11.8 Å². The first-order chi connectivity index (χ1) is 22.0. The molecule has 0 bridgehead atoms. The van der Waals surface area contributed by atoms with Crippen LogP contribution in [-0.2, 0) is 22.4 Å². The molecule has 4 fully saturated rings. The van der Waals surface area contributed by atoms with Gasteiger partial charge in [-0.25, -0.2) is 9.97 Å². The number of nitrogens with zero attached hydrogens (tertiary/aromatic N) is 8. The van der Waals surface area contributed by atoms with Crippen LogP contribution >= 0.6 is 0 Å². The van der Waals surface area contributed by atoms with E-state index in [1.165, 1.54) is 35.4 Å². The fraction of sp³-hybridized carbons (Fsp3) is 0.706. The number of hydrogen-bond donors (Lipinski definition) is 2. The first-order valence-corrected chi connectivity index (χ1v) is 17.3. The smallest absolute Gasteiger partial charge is 0.303 e. The van der Waals surface area contributed by atoms with E-state index in [1.807, 2.05) is 0 Å². The van der Waals surface area contributed by atoms with Crippen molar-refractivity contribution in [2.75, 3.05) is 58.9 Å². The SMILES string of the molecule is CC1CCc2c1nc(N1CCC1C)nc2N1CC(CC(=O)O)C1.CC1CCc2c1nc(N1CCC1C)nc2N1CC(CC(=O)O)C1. The number of anilines is 4. The summed E-state index contributed by atoms with van der Waals surface area (Å²) in [6.45, 7) is 14.2. The normalized spacial score (nSPS) is 26.7. The van der Waals surface area contributed by atoms with Crippen LogP contribution in [0.25, 0.3) is 0 Å². The van der Waals surface area contributed by atoms with Gasteiger partial charge in [-0.3, -0.25) is 9.59 Å². The highest BCUT2D eigenvalue weighted by atomic mass is 16.4. The summed E-state index contributed by atoms with van der Waals surface area (Å²) >= 11 is 0. The lowest BCUT2D eigenvalue weighted by molar-refractivity contribution is -0.139. The minimum Gasteiger partial charge on any atom is -0.481 e. The maximum atomic E-state index is 10.9. The maximum absolute atomic E-state index is 10.9. The van der Waals surface area contributed by atoms with E-state index in [2.05, 4.69) is 47.3 Å². The largest absolute Gasteiger partial charge is 0.481 e. The molecule has 8 rings (SSSR count). The third-order valence-corrected chi connectivity index (χ3v) is 11.2. The molecule has 2 aromatic heterocycles. The molecular weight excluding hydrogens is 584 g/mol. The summed E-state index contributed by atoms with van der Waals surface area (Å²) in [6, 6.07) is 1.04. The molecule has 4 saturated heterocycles. The number of hydrogen-bond acceptors (Lipinski definition) is 10. The van der Waals surface area contributed by atoms with Crippen molar-refractivity contribution in [3.63, 3.8) is 0 Å². The Kier molecular flexibility index (Phi) is 8.17. The summed E-state index contributed by atoms with van der Waals surface area (Å²) in [7, 11) is 0. The molecule has 4 unspecified atom stereocenters. The summed E-state index contributed by atoms with van der Waals surface area (Å²) in [5.41, 5.74) is 5.02. The Balaban J connectivity index is 0.000000147. The summed E-state index contributed by atoms with van der Waals surface area (Å²) in [6.07, 6.45) is 7.30. The van der Waals surface area contributed by atoms with Crippen LogP contribution in [0.4, 0.5) is 23.5 Å². The Morgan fingerprint density at radius 3 is 1.33 bits per heavy atom. The summed E-state index contributed by atoms with van der Waals surface area (Å²) in [5, 5.41) is 17.9. The first-order valence-electron chi connectivity index (χ1n) is 17.3. The van der Waals surface area contributed by atoms with E-state index >= 15 is 0 Å². The Morgan fingerprint density at radius 1 is 0.630 bits per heavy atom. The van der Waals surface area contributed by atoms with Gasteiger partial charge >= 0.3 is 11.9 Å². The molecule has 12 nitrogen and oxygen atoms in total. The predicted octanol–water partition coefficient (Wildman–Crippen LogP) is 4.07. The van der Waals surface area contributed by atoms with Crippen LogP contribution < -0.4 is 19.6 Å². The van der Waals surface area contributed by atoms with Crippen molar-refractivity contribution in [2.45, 2.75) is 103 Å². The van der Waals surface area contributed by atoms with Crippen LogP contribution in [0.15, 0.2) is 0 Å². The molecular formula is C34H48N8O4. The molecule has 2 N–H and O–H groups in total. The van der Waals surface area contributed by atoms with Gasteiger partial charge in [0, 0.05) is 74.3 Å². The molecule has 2 aliphatic carbocycles. The van der Waals surface area contributed by atoms with Gasteiger partial charge < -0.3 is 29.8 Å². The maximum Gasteiger partial charge on any atom is 0.303 e. The summed E-state index contributed by atoms with van der Waals surface area (Å²) in [5.74, 6) is 3.96. The van der Waals surface area contributed by atoms with Crippen LogP contribution in [0.3, 0.4) is 0 Å². The fourth-order valence-corrected chi connectivity index (χ4v) is 7.89. The topological polar surface area (TPSA) is 139 Å². The van der Waals surface area contributed by atoms with Gasteiger partial charge in [-0.05, 0) is 64.2 Å². The lowest BCUT2D eigenvalue weighted by atomic mass is 9.95. The number of fused-ring (bicyclic) bond motifs is 2. The third kappa shape index (κ3) is 5.72. The second kappa shape index (κ2) is 12.2. The van der Waals surface area contributed by atoms with Crippen molar-refractivity contribution < 1.29 is 19.8 Å². The van der Waals surface area contributed by atoms with E-state index in [-0.39, 0.29) is 24.7 Å². The Labute approximate surface area is 271 Å². The average molecular weight is 633 g/mol. The lowest BCUT2D eigenvalue weighted by Crippen LogP contribution is -2.50. The average Bonchev–Trinajstić information content (AvgIpc) is 3.52. The predicted molar refractivity (Wildman–Crippen MR) is 176 cm³/mol. The summed E-state index contributed by atoms with van der Waals surface area (Å²) < 4.78 is 0. The molecule has 0 saturated carbocycles. The highest BCUT2D eigenvalue weighted by Crippen LogP contribution is 2.42. The zero-order valence-electron chi connectivity index (χ0n) is 27.7. The summed E-state index contributed by atoms with van der Waals surface area (Å²) in [4.78, 5) is 50.3. The molecule has 4 aliphatic heterocycles. The number of carboxylic acid groups (broad SMARTS) is 2. The molecule has 0 radical (unpaired) electrons. The Morgan fingerprint density at radius 2 is 1.02 bits per heavy atom. The molecule has 12 heteroatoms. The molecule has 248 valence electrons. The number of aromatic nitrogens is 4. The minimum absolute atomic E-state index is 0.253. The van der Waals surface area contributed by atoms with E-state index < -0.39 is 11.9 Å². The standard InChI is InChI=1S/2C17H24N4O2/c2*1-10-3-4-13-15(10)18-17(21-6-5-11(21)2)19-16(13)20-8-12(9-20)7-14(22)23/h2*10-12H,3-9H2,1-2H3,(H,22,23). The number of aliphatic carboxylic acids is 2. The molecule has 0 aromatic carbocycles. The Bertz CT molecular complexity index is 1390. The zero-order valence-corrected chi connectivity index (χ0v) is 27.7. The second-order valence-corrected chi connectivity index (χ2v) is 14.7. The van der Waals surface area contributed by atoms with Gasteiger partial charge in [-0.2, -0.15) is 9.97 Å². The van der Waals surface area contributed by atoms with E-state index in [1.54, 1.807) is 0 Å². The van der Waals surface area contributed by atoms with Crippen molar-refractivity contribution in [1.29, 1.82) is 0 Å². The second-order valence-electron chi connectivity index (χ2n) is 14.7. The molecule has 6 heterocycles. The fourth-order valence-electron chi connectivity index (χ4n) is 7.89. The molecule has 46 heavy (non-hydrogen) atoms. The van der Waals surface area contributed by atoms with Crippen LogP contribution in [0.5, 0.6) is 0 Å². The van der Waals surface area contributed by atoms with Crippen molar-refractivity contribution >= 4 is 35.5 Å². The molecule has 0 amide bonds. The van der Waals surface area contributed by atoms with Crippen LogP contribution in [0.1, 0.15) is 101 Å². The van der Waals surface area contributed by atoms with Gasteiger partial charge in [-0.1, -0.05) is 13.8 Å². The number of carbonyl (C=O) groups is 2. The van der Waals surface area contributed by atoms with Crippen molar-refractivity contribution in [3.05, 3.63) is 22.5 Å². The third-order valence-electron chi connectivity index (χ3n) is 11.2. The lowest BCUT2D eigenvalue weighted by Gasteiger charge is -2.42. The van der Waals surface area contributed by atoms with Gasteiger partial charge in [-0.15, -0.1) is 0 Å². The van der Waals surface area contributed by atoms with Gasteiger partial charge in [0.2, 0.25) is 11.9 Å². The van der Waals surface area contributed by atoms with Crippen LogP contribution in [0, 0.1) is 11.8 Å². The quantitative estimate of drug-likeness (QED) is 0.434. The molecule has 2 aromatic rings. The van der Waals surface area contributed by atoms with E-state index in [0.717, 1.165) is 88.5 Å². The number of rotatable bonds is 8. The zero-order chi connectivity index (χ0) is 32.3. The molecule has 0 spiro atoms. The minimum atomic E-state index is -0.703. The van der Waals surface area contributed by atoms with Crippen LogP contribution in [-0.4, -0.2) is 93.4 Å². The van der Waals surface area contributed by atoms with E-state index in [0.29, 0.717) is 23.9 Å². The highest BCUT2D eigenvalue weighted by Gasteiger charge is 2.38. The van der Waals surface area contributed by atoms with Crippen LogP contribution in [0.2, 0.25) is 0 Å². The van der Waals surface area contributed by atoms with Gasteiger partial charge in [0.15, 0.2) is 0 Å². The van der Waals surface area contributed by atoms with E-state index in [9.17, 15) is 9.59 Å².